The lowest BCUT2D eigenvalue weighted by atomic mass is 10.4. The molecule has 22 heavy (non-hydrogen) atoms. The summed E-state index contributed by atoms with van der Waals surface area (Å²) in [5, 5.41) is 0. The average Bonchev–Trinajstić information content (AvgIpc) is 2.37. The molecule has 0 unspecified atom stereocenters. The fraction of sp³-hybridized carbons (Fsp3) is 0.500. The van der Waals surface area contributed by atoms with Gasteiger partial charge >= 0.3 is 5.51 Å². The molecule has 0 aliphatic heterocycles. The van der Waals surface area contributed by atoms with Crippen LogP contribution < -0.4 is 4.98 Å². The second-order valence-corrected chi connectivity index (χ2v) is 6.49. The second-order valence-electron chi connectivity index (χ2n) is 3.59. The predicted molar refractivity (Wildman–Crippen MR) is 68.2 cm³/mol. The number of unbranched alkanes of at least 4 members (excludes halogenated alkanes) is 1. The number of aromatic nitrogens is 1. The molecule has 1 rings (SSSR count). The zero-order chi connectivity index (χ0) is 17.9. The van der Waals surface area contributed by atoms with Crippen molar-refractivity contribution >= 4 is 20.2 Å². The van der Waals surface area contributed by atoms with Gasteiger partial charge in [0.1, 0.15) is 0 Å². The Balaban J connectivity index is 0. The number of aromatic amines is 1. The third-order valence-electron chi connectivity index (χ3n) is 1.64. The minimum Gasteiger partial charge on any atom is -0.748 e. The topological polar surface area (TPSA) is 129 Å². The van der Waals surface area contributed by atoms with Gasteiger partial charge in [0.15, 0.2) is 22.5 Å². The van der Waals surface area contributed by atoms with Crippen molar-refractivity contribution in [1.29, 1.82) is 0 Å². The molecule has 0 atom stereocenters. The molecule has 0 saturated carbocycles. The standard InChI is InChI=1S/C5H5N.C4H10O3S.CHF3O3S/c1-2-4-6-5-3-1;1-2-3-4-8(5,6)7;2-1(3,4)8(5,6)7/h1-5H;2-4H2,1H3,(H,5,6,7);(H,5,6,7)/p-1. The van der Waals surface area contributed by atoms with Crippen LogP contribution in [0.3, 0.4) is 0 Å². The Morgan fingerprint density at radius 2 is 1.41 bits per heavy atom. The molecule has 0 spiro atoms. The Bertz CT molecular complexity index is 560. The van der Waals surface area contributed by atoms with E-state index in [2.05, 4.69) is 4.98 Å². The van der Waals surface area contributed by atoms with Crippen LogP contribution in [0.5, 0.6) is 0 Å². The van der Waals surface area contributed by atoms with Crippen molar-refractivity contribution in [3.8, 4) is 0 Å². The lowest BCUT2D eigenvalue weighted by Crippen LogP contribution is -2.21. The van der Waals surface area contributed by atoms with Gasteiger partial charge in [0.25, 0.3) is 0 Å². The lowest BCUT2D eigenvalue weighted by Gasteiger charge is -2.08. The highest BCUT2D eigenvalue weighted by Gasteiger charge is 2.36. The van der Waals surface area contributed by atoms with Gasteiger partial charge in [0.2, 0.25) is 0 Å². The summed E-state index contributed by atoms with van der Waals surface area (Å²) in [4.78, 5) is 2.89. The number of rotatable bonds is 3. The summed E-state index contributed by atoms with van der Waals surface area (Å²) < 4.78 is 88.4. The van der Waals surface area contributed by atoms with E-state index < -0.39 is 25.7 Å². The molecule has 1 N–H and O–H groups in total. The van der Waals surface area contributed by atoms with Crippen molar-refractivity contribution in [2.45, 2.75) is 25.3 Å². The molecule has 0 amide bonds. The summed E-state index contributed by atoms with van der Waals surface area (Å²) in [6.07, 6.45) is 4.98. The van der Waals surface area contributed by atoms with Crippen LogP contribution in [0.25, 0.3) is 0 Å². The minimum atomic E-state index is -6.09. The lowest BCUT2D eigenvalue weighted by molar-refractivity contribution is -0.377. The smallest absolute Gasteiger partial charge is 0.485 e. The van der Waals surface area contributed by atoms with E-state index in [4.69, 9.17) is 13.0 Å². The first-order valence-corrected chi connectivity index (χ1v) is 8.66. The molecule has 1 aromatic heterocycles. The van der Waals surface area contributed by atoms with Crippen molar-refractivity contribution in [3.05, 3.63) is 30.6 Å². The van der Waals surface area contributed by atoms with Crippen molar-refractivity contribution in [1.82, 2.24) is 0 Å². The van der Waals surface area contributed by atoms with Gasteiger partial charge in [-0.1, -0.05) is 19.4 Å². The third-order valence-corrected chi connectivity index (χ3v) is 2.99. The molecule has 130 valence electrons. The minimum absolute atomic E-state index is 0.219. The SMILES string of the molecule is CCCCS(=O)(=O)[O-].O=S(=O)([O-])C(F)(F)F.c1cc[nH+]cc1. The first-order valence-electron chi connectivity index (χ1n) is 5.68. The van der Waals surface area contributed by atoms with Crippen LogP contribution in [0.15, 0.2) is 30.6 Å². The maximum Gasteiger partial charge on any atom is 0.485 e. The Morgan fingerprint density at radius 1 is 1.00 bits per heavy atom. The highest BCUT2D eigenvalue weighted by molar-refractivity contribution is 7.86. The van der Waals surface area contributed by atoms with Crippen LogP contribution in [0.4, 0.5) is 13.2 Å². The zero-order valence-corrected chi connectivity index (χ0v) is 13.0. The van der Waals surface area contributed by atoms with Gasteiger partial charge in [-0.25, -0.2) is 21.8 Å². The molecule has 0 fully saturated rings. The van der Waals surface area contributed by atoms with Gasteiger partial charge in [-0.05, 0) is 6.42 Å². The van der Waals surface area contributed by atoms with Crippen molar-refractivity contribution in [2.75, 3.05) is 5.75 Å². The van der Waals surface area contributed by atoms with Gasteiger partial charge < -0.3 is 9.11 Å². The van der Waals surface area contributed by atoms with Crippen LogP contribution in [-0.4, -0.2) is 37.2 Å². The monoisotopic (exact) mass is 366 g/mol. The van der Waals surface area contributed by atoms with Crippen molar-refractivity contribution < 1.29 is 44.1 Å². The van der Waals surface area contributed by atoms with Gasteiger partial charge in [-0.15, -0.1) is 0 Å². The van der Waals surface area contributed by atoms with Gasteiger partial charge in [0, 0.05) is 17.9 Å². The molecule has 0 aromatic carbocycles. The summed E-state index contributed by atoms with van der Waals surface area (Å²) in [6.45, 7) is 1.84. The highest BCUT2D eigenvalue weighted by Crippen LogP contribution is 2.20. The Labute approximate surface area is 126 Å². The third kappa shape index (κ3) is 16.8. The summed E-state index contributed by atoms with van der Waals surface area (Å²) in [7, 11) is -10.0. The van der Waals surface area contributed by atoms with E-state index in [0.29, 0.717) is 6.42 Å². The highest BCUT2D eigenvalue weighted by atomic mass is 32.2. The number of H-pyrrole nitrogens is 1. The number of hydrogen-bond donors (Lipinski definition) is 0. The van der Waals surface area contributed by atoms with E-state index in [1.165, 1.54) is 0 Å². The molecule has 0 bridgehead atoms. The molecule has 0 aliphatic carbocycles. The molecule has 1 aromatic rings. The van der Waals surface area contributed by atoms with E-state index in [1.807, 2.05) is 37.5 Å². The summed E-state index contributed by atoms with van der Waals surface area (Å²) in [5.74, 6) is -0.219. The van der Waals surface area contributed by atoms with E-state index in [-0.39, 0.29) is 5.75 Å². The van der Waals surface area contributed by atoms with Crippen LogP contribution in [0.1, 0.15) is 19.8 Å². The fourth-order valence-corrected chi connectivity index (χ4v) is 1.31. The van der Waals surface area contributed by atoms with Crippen molar-refractivity contribution in [3.63, 3.8) is 0 Å². The molecule has 0 saturated heterocycles. The first-order chi connectivity index (χ1) is 9.81. The van der Waals surface area contributed by atoms with E-state index in [1.54, 1.807) is 0 Å². The van der Waals surface area contributed by atoms with Gasteiger partial charge in [0.05, 0.1) is 10.1 Å². The molecular weight excluding hydrogens is 351 g/mol. The molecule has 7 nitrogen and oxygen atoms in total. The van der Waals surface area contributed by atoms with Crippen LogP contribution in [0.2, 0.25) is 0 Å². The molecule has 0 aliphatic rings. The second kappa shape index (κ2) is 10.5. The van der Waals surface area contributed by atoms with Crippen LogP contribution in [-0.2, 0) is 20.2 Å². The van der Waals surface area contributed by atoms with Gasteiger partial charge in [-0.2, -0.15) is 13.2 Å². The predicted octanol–water partition coefficient (Wildman–Crippen LogP) is 0.884. The largest absolute Gasteiger partial charge is 0.748 e. The number of alkyl halides is 3. The maximum atomic E-state index is 10.7. The fourth-order valence-electron chi connectivity index (χ4n) is 0.663. The summed E-state index contributed by atoms with van der Waals surface area (Å²) in [6, 6.07) is 5.86. The first kappa shape index (κ1) is 23.0. The Kier molecular flexibility index (Phi) is 11.0. The van der Waals surface area contributed by atoms with Gasteiger partial charge in [-0.3, -0.25) is 0 Å². The normalized spacial score (nSPS) is 11.5. The van der Waals surface area contributed by atoms with Crippen LogP contribution >= 0.6 is 0 Å². The van der Waals surface area contributed by atoms with E-state index in [0.717, 1.165) is 6.42 Å². The molecule has 0 radical (unpaired) electrons. The van der Waals surface area contributed by atoms with Crippen molar-refractivity contribution in [2.24, 2.45) is 0 Å². The van der Waals surface area contributed by atoms with Crippen LogP contribution in [0, 0.1) is 0 Å². The number of pyridine rings is 1. The zero-order valence-electron chi connectivity index (χ0n) is 11.4. The quantitative estimate of drug-likeness (QED) is 0.577. The molecule has 1 heterocycles. The number of halogens is 3. The molecular formula is C10H15F3NO6S2-. The van der Waals surface area contributed by atoms with E-state index >= 15 is 0 Å². The molecule has 12 heteroatoms. The number of hydrogen-bond acceptors (Lipinski definition) is 6. The summed E-state index contributed by atoms with van der Waals surface area (Å²) in [5.41, 5.74) is -5.65. The Morgan fingerprint density at radius 3 is 1.50 bits per heavy atom. The maximum absolute atomic E-state index is 10.7. The van der Waals surface area contributed by atoms with E-state index in [9.17, 15) is 26.1 Å². The number of nitrogens with one attached hydrogen (secondary N) is 1. The average molecular weight is 366 g/mol. The summed E-state index contributed by atoms with van der Waals surface area (Å²) >= 11 is 0. The Hall–Kier alpha value is -1.24.